The van der Waals surface area contributed by atoms with Gasteiger partial charge in [0.25, 0.3) is 0 Å². The molecule has 0 bridgehead atoms. The van der Waals surface area contributed by atoms with Crippen LogP contribution in [0.3, 0.4) is 0 Å². The number of methoxy groups -OCH3 is 2. The summed E-state index contributed by atoms with van der Waals surface area (Å²) in [5, 5.41) is 1.24. The molecule has 0 radical (unpaired) electrons. The van der Waals surface area contributed by atoms with Crippen LogP contribution in [-0.2, 0) is 0 Å². The average molecular weight is 316 g/mol. The van der Waals surface area contributed by atoms with Gasteiger partial charge in [0.05, 0.1) is 25.1 Å². The van der Waals surface area contributed by atoms with E-state index in [9.17, 15) is 0 Å². The standard InChI is InChI=1S/C16H14ClN3O2/c1-9-4-10(5-15(17)19-9)16-18-8-12-13(20-16)6-11(21-2)7-14(12)22-3/h4-8H,1-3H3. The molecule has 3 rings (SSSR count). The summed E-state index contributed by atoms with van der Waals surface area (Å²) in [4.78, 5) is 13.1. The van der Waals surface area contributed by atoms with Gasteiger partial charge in [-0.15, -0.1) is 0 Å². The highest BCUT2D eigenvalue weighted by Crippen LogP contribution is 2.31. The number of benzene rings is 1. The van der Waals surface area contributed by atoms with Gasteiger partial charge in [0.15, 0.2) is 5.82 Å². The van der Waals surface area contributed by atoms with Gasteiger partial charge >= 0.3 is 0 Å². The summed E-state index contributed by atoms with van der Waals surface area (Å²) < 4.78 is 10.6. The van der Waals surface area contributed by atoms with E-state index in [-0.39, 0.29) is 0 Å². The fraction of sp³-hybridized carbons (Fsp3) is 0.188. The van der Waals surface area contributed by atoms with E-state index in [2.05, 4.69) is 15.0 Å². The van der Waals surface area contributed by atoms with Crippen molar-refractivity contribution in [1.82, 2.24) is 15.0 Å². The third-order valence-electron chi connectivity index (χ3n) is 3.27. The van der Waals surface area contributed by atoms with Crippen molar-refractivity contribution in [3.8, 4) is 22.9 Å². The van der Waals surface area contributed by atoms with E-state index in [1.807, 2.05) is 19.1 Å². The van der Waals surface area contributed by atoms with Crippen molar-refractivity contribution < 1.29 is 9.47 Å². The Kier molecular flexibility index (Phi) is 3.81. The summed E-state index contributed by atoms with van der Waals surface area (Å²) in [7, 11) is 3.21. The van der Waals surface area contributed by atoms with Gasteiger partial charge in [-0.25, -0.2) is 15.0 Å². The lowest BCUT2D eigenvalue weighted by Crippen LogP contribution is -1.95. The second kappa shape index (κ2) is 5.77. The van der Waals surface area contributed by atoms with E-state index in [1.165, 1.54) is 0 Å². The molecule has 2 heterocycles. The minimum absolute atomic E-state index is 0.418. The number of rotatable bonds is 3. The SMILES string of the molecule is COc1cc(OC)c2cnc(-c3cc(C)nc(Cl)c3)nc2c1. The van der Waals surface area contributed by atoms with Gasteiger partial charge in [-0.2, -0.15) is 0 Å². The summed E-state index contributed by atoms with van der Waals surface area (Å²) in [6.07, 6.45) is 1.74. The monoisotopic (exact) mass is 315 g/mol. The van der Waals surface area contributed by atoms with Crippen LogP contribution in [0.15, 0.2) is 30.5 Å². The lowest BCUT2D eigenvalue weighted by molar-refractivity contribution is 0.397. The fourth-order valence-electron chi connectivity index (χ4n) is 2.26. The molecule has 3 aromatic rings. The molecular formula is C16H14ClN3O2. The van der Waals surface area contributed by atoms with E-state index in [4.69, 9.17) is 21.1 Å². The molecule has 0 N–H and O–H groups in total. The van der Waals surface area contributed by atoms with Crippen LogP contribution in [-0.4, -0.2) is 29.2 Å². The predicted octanol–water partition coefficient (Wildman–Crippen LogP) is 3.67. The highest BCUT2D eigenvalue weighted by molar-refractivity contribution is 6.29. The number of aromatic nitrogens is 3. The first-order chi connectivity index (χ1) is 10.6. The van der Waals surface area contributed by atoms with Crippen LogP contribution in [0, 0.1) is 6.92 Å². The predicted molar refractivity (Wildman–Crippen MR) is 85.6 cm³/mol. The van der Waals surface area contributed by atoms with Gasteiger partial charge in [-0.05, 0) is 19.1 Å². The molecule has 0 aliphatic rings. The third-order valence-corrected chi connectivity index (χ3v) is 3.47. The van der Waals surface area contributed by atoms with Crippen LogP contribution in [0.4, 0.5) is 0 Å². The summed E-state index contributed by atoms with van der Waals surface area (Å²) in [5.74, 6) is 1.93. The lowest BCUT2D eigenvalue weighted by Gasteiger charge is -2.09. The van der Waals surface area contributed by atoms with Crippen molar-refractivity contribution in [2.45, 2.75) is 6.92 Å². The number of ether oxygens (including phenoxy) is 2. The topological polar surface area (TPSA) is 57.1 Å². The molecule has 0 saturated heterocycles. The highest BCUT2D eigenvalue weighted by Gasteiger charge is 2.10. The van der Waals surface area contributed by atoms with Crippen molar-refractivity contribution in [2.75, 3.05) is 14.2 Å². The number of nitrogens with zero attached hydrogens (tertiary/aromatic N) is 3. The maximum absolute atomic E-state index is 6.01. The summed E-state index contributed by atoms with van der Waals surface area (Å²) >= 11 is 6.01. The molecule has 0 amide bonds. The van der Waals surface area contributed by atoms with Crippen LogP contribution in [0.2, 0.25) is 5.15 Å². The Morgan fingerprint density at radius 2 is 1.82 bits per heavy atom. The normalized spacial score (nSPS) is 10.7. The first-order valence-corrected chi connectivity index (χ1v) is 7.02. The largest absolute Gasteiger partial charge is 0.497 e. The molecule has 1 aromatic carbocycles. The number of aryl methyl sites for hydroxylation is 1. The maximum Gasteiger partial charge on any atom is 0.159 e. The van der Waals surface area contributed by atoms with E-state index >= 15 is 0 Å². The van der Waals surface area contributed by atoms with Crippen molar-refractivity contribution >= 4 is 22.5 Å². The minimum Gasteiger partial charge on any atom is -0.497 e. The first kappa shape index (κ1) is 14.5. The smallest absolute Gasteiger partial charge is 0.159 e. The molecule has 0 atom stereocenters. The maximum atomic E-state index is 6.01. The van der Waals surface area contributed by atoms with Crippen molar-refractivity contribution in [2.24, 2.45) is 0 Å². The number of halogens is 1. The molecule has 22 heavy (non-hydrogen) atoms. The van der Waals surface area contributed by atoms with Gasteiger partial charge < -0.3 is 9.47 Å². The third kappa shape index (κ3) is 2.67. The summed E-state index contributed by atoms with van der Waals surface area (Å²) in [5.41, 5.74) is 2.38. The quantitative estimate of drug-likeness (QED) is 0.690. The van der Waals surface area contributed by atoms with E-state index in [0.29, 0.717) is 22.5 Å². The van der Waals surface area contributed by atoms with Gasteiger partial charge in [0, 0.05) is 29.6 Å². The Balaban J connectivity index is 2.20. The second-order valence-corrected chi connectivity index (χ2v) is 5.16. The molecular weight excluding hydrogens is 302 g/mol. The van der Waals surface area contributed by atoms with Gasteiger partial charge in [0.1, 0.15) is 16.7 Å². The molecule has 2 aromatic heterocycles. The zero-order valence-electron chi connectivity index (χ0n) is 12.4. The van der Waals surface area contributed by atoms with Crippen LogP contribution in [0.1, 0.15) is 5.69 Å². The van der Waals surface area contributed by atoms with Crippen LogP contribution < -0.4 is 9.47 Å². The van der Waals surface area contributed by atoms with E-state index in [1.54, 1.807) is 32.5 Å². The summed E-state index contributed by atoms with van der Waals surface area (Å²) in [6.45, 7) is 1.88. The molecule has 6 heteroatoms. The molecule has 0 saturated carbocycles. The first-order valence-electron chi connectivity index (χ1n) is 6.64. The Hall–Kier alpha value is -2.40. The van der Waals surface area contributed by atoms with Crippen molar-refractivity contribution in [3.05, 3.63) is 41.3 Å². The number of hydrogen-bond donors (Lipinski definition) is 0. The zero-order valence-corrected chi connectivity index (χ0v) is 13.2. The van der Waals surface area contributed by atoms with Gasteiger partial charge in [-0.3, -0.25) is 0 Å². The van der Waals surface area contributed by atoms with Gasteiger partial charge in [0.2, 0.25) is 0 Å². The Bertz CT molecular complexity index is 832. The van der Waals surface area contributed by atoms with Crippen LogP contribution in [0.5, 0.6) is 11.5 Å². The molecule has 0 unspecified atom stereocenters. The zero-order chi connectivity index (χ0) is 15.7. The number of hydrogen-bond acceptors (Lipinski definition) is 5. The molecule has 112 valence electrons. The highest BCUT2D eigenvalue weighted by atomic mass is 35.5. The molecule has 0 aliphatic carbocycles. The van der Waals surface area contributed by atoms with Crippen LogP contribution >= 0.6 is 11.6 Å². The number of pyridine rings is 1. The number of fused-ring (bicyclic) bond motifs is 1. The van der Waals surface area contributed by atoms with Gasteiger partial charge in [-0.1, -0.05) is 11.6 Å². The Morgan fingerprint density at radius 3 is 2.50 bits per heavy atom. The lowest BCUT2D eigenvalue weighted by atomic mass is 10.2. The van der Waals surface area contributed by atoms with Crippen molar-refractivity contribution in [1.29, 1.82) is 0 Å². The molecule has 5 nitrogen and oxygen atoms in total. The van der Waals surface area contributed by atoms with Crippen molar-refractivity contribution in [3.63, 3.8) is 0 Å². The summed E-state index contributed by atoms with van der Waals surface area (Å²) in [6, 6.07) is 7.29. The van der Waals surface area contributed by atoms with E-state index in [0.717, 1.165) is 22.2 Å². The Labute approximate surface area is 132 Å². The minimum atomic E-state index is 0.418. The second-order valence-electron chi connectivity index (χ2n) is 4.78. The van der Waals surface area contributed by atoms with Crippen LogP contribution in [0.25, 0.3) is 22.3 Å². The van der Waals surface area contributed by atoms with E-state index < -0.39 is 0 Å². The molecule has 0 aliphatic heterocycles. The fourth-order valence-corrected chi connectivity index (χ4v) is 2.51. The average Bonchev–Trinajstić information content (AvgIpc) is 2.52. The molecule has 0 fully saturated rings. The Morgan fingerprint density at radius 1 is 1.00 bits per heavy atom. The molecule has 0 spiro atoms.